The maximum Gasteiger partial charge on any atom is 0.0485 e. The second-order valence-electron chi connectivity index (χ2n) is 5.98. The summed E-state index contributed by atoms with van der Waals surface area (Å²) >= 11 is 2.06. The Balaban J connectivity index is 0.00000176. The van der Waals surface area contributed by atoms with Gasteiger partial charge < -0.3 is 9.47 Å². The molecule has 1 aliphatic rings. The average Bonchev–Trinajstić information content (AvgIpc) is 2.87. The first-order valence-electron chi connectivity index (χ1n) is 7.75. The van der Waals surface area contributed by atoms with Gasteiger partial charge in [-0.2, -0.15) is 11.8 Å². The van der Waals surface area contributed by atoms with E-state index in [0.717, 1.165) is 13.1 Å². The second-order valence-corrected chi connectivity index (χ2v) is 7.08. The van der Waals surface area contributed by atoms with Crippen LogP contribution in [0.1, 0.15) is 17.7 Å². The van der Waals surface area contributed by atoms with E-state index in [1.165, 1.54) is 35.6 Å². The summed E-state index contributed by atoms with van der Waals surface area (Å²) in [4.78, 5) is 2.27. The van der Waals surface area contributed by atoms with Gasteiger partial charge in [-0.25, -0.2) is 0 Å². The van der Waals surface area contributed by atoms with Crippen molar-refractivity contribution < 1.29 is 0 Å². The van der Waals surface area contributed by atoms with Gasteiger partial charge in [0, 0.05) is 23.7 Å². The molecule has 2 heterocycles. The Labute approximate surface area is 144 Å². The second kappa shape index (κ2) is 8.09. The summed E-state index contributed by atoms with van der Waals surface area (Å²) in [6.07, 6.45) is 2.43. The fourth-order valence-electron chi connectivity index (χ4n) is 3.07. The zero-order chi connectivity index (χ0) is 14.7. The van der Waals surface area contributed by atoms with E-state index in [-0.39, 0.29) is 12.4 Å². The van der Waals surface area contributed by atoms with E-state index in [1.807, 2.05) is 0 Å². The van der Waals surface area contributed by atoms with E-state index in [4.69, 9.17) is 0 Å². The molecule has 0 saturated heterocycles. The number of hydrogen-bond acceptors (Lipinski definition) is 2. The van der Waals surface area contributed by atoms with Crippen LogP contribution in [0, 0.1) is 0 Å². The lowest BCUT2D eigenvalue weighted by atomic mass is 10.1. The van der Waals surface area contributed by atoms with Crippen molar-refractivity contribution in [3.63, 3.8) is 0 Å². The number of aromatic nitrogens is 1. The van der Waals surface area contributed by atoms with Crippen molar-refractivity contribution >= 4 is 24.2 Å². The van der Waals surface area contributed by atoms with Gasteiger partial charge in [-0.1, -0.05) is 30.3 Å². The first kappa shape index (κ1) is 17.5. The standard InChI is InChI=1S/C18H24N2S.ClH/c1-19(2)10-6-11-20-17-9-12-21-14-16(17)13-18(20)15-7-4-3-5-8-15;/h3-5,7-8,13H,6,9-12,14H2,1-2H3;1H. The van der Waals surface area contributed by atoms with Gasteiger partial charge in [-0.3, -0.25) is 0 Å². The fraction of sp³-hybridized carbons (Fsp3) is 0.444. The summed E-state index contributed by atoms with van der Waals surface area (Å²) in [5.74, 6) is 2.44. The summed E-state index contributed by atoms with van der Waals surface area (Å²) < 4.78 is 2.58. The zero-order valence-electron chi connectivity index (χ0n) is 13.4. The molecule has 120 valence electrons. The molecule has 1 aliphatic heterocycles. The van der Waals surface area contributed by atoms with Gasteiger partial charge in [0.25, 0.3) is 0 Å². The van der Waals surface area contributed by atoms with Crippen LogP contribution in [0.2, 0.25) is 0 Å². The van der Waals surface area contributed by atoms with Crippen LogP contribution in [0.15, 0.2) is 36.4 Å². The number of rotatable bonds is 5. The highest BCUT2D eigenvalue weighted by Gasteiger charge is 2.18. The summed E-state index contributed by atoms with van der Waals surface area (Å²) in [6, 6.07) is 13.3. The normalized spacial score (nSPS) is 13.8. The van der Waals surface area contributed by atoms with Crippen molar-refractivity contribution in [1.82, 2.24) is 9.47 Å². The molecule has 0 N–H and O–H groups in total. The average molecular weight is 337 g/mol. The molecule has 0 atom stereocenters. The van der Waals surface area contributed by atoms with Gasteiger partial charge in [-0.15, -0.1) is 12.4 Å². The van der Waals surface area contributed by atoms with Gasteiger partial charge in [0.15, 0.2) is 0 Å². The van der Waals surface area contributed by atoms with Gasteiger partial charge in [-0.05, 0) is 56.4 Å². The molecule has 0 fully saturated rings. The monoisotopic (exact) mass is 336 g/mol. The van der Waals surface area contributed by atoms with Crippen molar-refractivity contribution in [2.75, 3.05) is 26.4 Å². The number of hydrogen-bond donors (Lipinski definition) is 0. The van der Waals surface area contributed by atoms with Crippen LogP contribution >= 0.6 is 24.2 Å². The van der Waals surface area contributed by atoms with Crippen molar-refractivity contribution in [2.45, 2.75) is 25.1 Å². The molecule has 0 bridgehead atoms. The highest BCUT2D eigenvalue weighted by molar-refractivity contribution is 7.98. The quantitative estimate of drug-likeness (QED) is 0.803. The Bertz CT molecular complexity index is 593. The molecule has 0 radical (unpaired) electrons. The van der Waals surface area contributed by atoms with E-state index >= 15 is 0 Å². The molecule has 0 amide bonds. The van der Waals surface area contributed by atoms with Gasteiger partial charge in [0.2, 0.25) is 0 Å². The van der Waals surface area contributed by atoms with Crippen molar-refractivity contribution in [2.24, 2.45) is 0 Å². The Morgan fingerprint density at radius 3 is 2.68 bits per heavy atom. The smallest absolute Gasteiger partial charge is 0.0485 e. The van der Waals surface area contributed by atoms with Crippen LogP contribution < -0.4 is 0 Å². The molecular weight excluding hydrogens is 312 g/mol. The van der Waals surface area contributed by atoms with Crippen LogP contribution in [-0.4, -0.2) is 35.9 Å². The molecule has 0 unspecified atom stereocenters. The Kier molecular flexibility index (Phi) is 6.42. The molecule has 0 spiro atoms. The van der Waals surface area contributed by atoms with E-state index < -0.39 is 0 Å². The summed E-state index contributed by atoms with van der Waals surface area (Å²) in [6.45, 7) is 2.28. The molecule has 3 rings (SSSR count). The lowest BCUT2D eigenvalue weighted by Crippen LogP contribution is -2.17. The lowest BCUT2D eigenvalue weighted by Gasteiger charge is -2.18. The zero-order valence-corrected chi connectivity index (χ0v) is 15.1. The van der Waals surface area contributed by atoms with Crippen LogP contribution in [0.4, 0.5) is 0 Å². The first-order chi connectivity index (χ1) is 10.3. The molecule has 2 nitrogen and oxygen atoms in total. The third kappa shape index (κ3) is 3.89. The Morgan fingerprint density at radius 1 is 1.18 bits per heavy atom. The highest BCUT2D eigenvalue weighted by Crippen LogP contribution is 2.32. The first-order valence-corrected chi connectivity index (χ1v) is 8.90. The topological polar surface area (TPSA) is 8.17 Å². The molecular formula is C18H25ClN2S. The number of halogens is 1. The van der Waals surface area contributed by atoms with E-state index in [0.29, 0.717) is 0 Å². The number of thioether (sulfide) groups is 1. The van der Waals surface area contributed by atoms with E-state index in [1.54, 1.807) is 11.3 Å². The summed E-state index contributed by atoms with van der Waals surface area (Å²) in [5.41, 5.74) is 5.88. The molecule has 1 aromatic carbocycles. The minimum Gasteiger partial charge on any atom is -0.344 e. The van der Waals surface area contributed by atoms with Gasteiger partial charge >= 0.3 is 0 Å². The number of nitrogens with zero attached hydrogens (tertiary/aromatic N) is 2. The molecule has 0 saturated carbocycles. The minimum absolute atomic E-state index is 0. The molecule has 4 heteroatoms. The predicted octanol–water partition coefficient (Wildman–Crippen LogP) is 4.32. The van der Waals surface area contributed by atoms with Crippen molar-refractivity contribution in [3.8, 4) is 11.3 Å². The minimum atomic E-state index is 0. The number of fused-ring (bicyclic) bond motifs is 1. The van der Waals surface area contributed by atoms with Gasteiger partial charge in [0.05, 0.1) is 0 Å². The molecule has 22 heavy (non-hydrogen) atoms. The maximum absolute atomic E-state index is 2.58. The molecule has 0 aliphatic carbocycles. The van der Waals surface area contributed by atoms with Gasteiger partial charge in [0.1, 0.15) is 0 Å². The molecule has 1 aromatic heterocycles. The third-order valence-corrected chi connectivity index (χ3v) is 5.10. The largest absolute Gasteiger partial charge is 0.344 e. The summed E-state index contributed by atoms with van der Waals surface area (Å²) in [7, 11) is 4.31. The lowest BCUT2D eigenvalue weighted by molar-refractivity contribution is 0.385. The van der Waals surface area contributed by atoms with E-state index in [9.17, 15) is 0 Å². The van der Waals surface area contributed by atoms with Crippen LogP contribution in [0.25, 0.3) is 11.3 Å². The van der Waals surface area contributed by atoms with Crippen LogP contribution in [0.5, 0.6) is 0 Å². The third-order valence-electron chi connectivity index (χ3n) is 4.10. The van der Waals surface area contributed by atoms with Crippen LogP contribution in [-0.2, 0) is 18.7 Å². The predicted molar refractivity (Wildman–Crippen MR) is 100 cm³/mol. The van der Waals surface area contributed by atoms with Crippen LogP contribution in [0.3, 0.4) is 0 Å². The molecule has 2 aromatic rings. The fourth-order valence-corrected chi connectivity index (χ4v) is 4.02. The highest BCUT2D eigenvalue weighted by atomic mass is 35.5. The summed E-state index contributed by atoms with van der Waals surface area (Å²) in [5, 5.41) is 0. The maximum atomic E-state index is 2.58. The SMILES string of the molecule is CN(C)CCCn1c(-c2ccccc2)cc2c1CCSC2.Cl. The van der Waals surface area contributed by atoms with Crippen molar-refractivity contribution in [1.29, 1.82) is 0 Å². The Hall–Kier alpha value is -0.900. The van der Waals surface area contributed by atoms with E-state index in [2.05, 4.69) is 71.7 Å². The number of benzene rings is 1. The van der Waals surface area contributed by atoms with Crippen molar-refractivity contribution in [3.05, 3.63) is 47.7 Å². The Morgan fingerprint density at radius 2 is 1.95 bits per heavy atom.